The van der Waals surface area contributed by atoms with Crippen molar-refractivity contribution in [1.29, 1.82) is 0 Å². The van der Waals surface area contributed by atoms with Crippen LogP contribution in [0, 0.1) is 0 Å². The van der Waals surface area contributed by atoms with E-state index >= 15 is 0 Å². The second-order valence-corrected chi connectivity index (χ2v) is 7.43. The minimum absolute atomic E-state index is 0.0416. The van der Waals surface area contributed by atoms with Gasteiger partial charge in [-0.2, -0.15) is 0 Å². The summed E-state index contributed by atoms with van der Waals surface area (Å²) in [5.41, 5.74) is 1.39. The van der Waals surface area contributed by atoms with Crippen molar-refractivity contribution >= 4 is 17.5 Å². The number of rotatable bonds is 6. The number of benzene rings is 3. The van der Waals surface area contributed by atoms with Gasteiger partial charge in [-0.05, 0) is 36.4 Å². The Morgan fingerprint density at radius 3 is 2.13 bits per heavy atom. The molecule has 1 heterocycles. The third-order valence-corrected chi connectivity index (χ3v) is 5.14. The van der Waals surface area contributed by atoms with Crippen LogP contribution in [0.4, 0.5) is 5.69 Å². The molecule has 0 aliphatic carbocycles. The van der Waals surface area contributed by atoms with Gasteiger partial charge in [-0.15, -0.1) is 0 Å². The van der Waals surface area contributed by atoms with E-state index in [4.69, 9.17) is 4.74 Å². The summed E-state index contributed by atoms with van der Waals surface area (Å²) in [7, 11) is 0. The fourth-order valence-corrected chi connectivity index (χ4v) is 3.54. The number of hydrogen-bond acceptors (Lipinski definition) is 4. The first-order chi connectivity index (χ1) is 15.2. The van der Waals surface area contributed by atoms with Gasteiger partial charge >= 0.3 is 0 Å². The summed E-state index contributed by atoms with van der Waals surface area (Å²) in [5, 5.41) is 2.93. The largest absolute Gasteiger partial charge is 0.457 e. The van der Waals surface area contributed by atoms with Crippen LogP contribution in [0.5, 0.6) is 11.5 Å². The van der Waals surface area contributed by atoms with Crippen molar-refractivity contribution in [3.8, 4) is 11.5 Å². The molecule has 0 unspecified atom stereocenters. The topological polar surface area (TPSA) is 61.9 Å². The van der Waals surface area contributed by atoms with Crippen LogP contribution in [0.2, 0.25) is 0 Å². The normalized spacial score (nSPS) is 14.1. The third kappa shape index (κ3) is 5.71. The molecule has 1 aliphatic heterocycles. The van der Waals surface area contributed by atoms with Crippen LogP contribution < -0.4 is 10.1 Å². The molecule has 6 nitrogen and oxygen atoms in total. The summed E-state index contributed by atoms with van der Waals surface area (Å²) >= 11 is 0. The molecule has 3 aromatic rings. The smallest absolute Gasteiger partial charge is 0.253 e. The fourth-order valence-electron chi connectivity index (χ4n) is 3.54. The summed E-state index contributed by atoms with van der Waals surface area (Å²) in [6.45, 7) is 2.85. The molecule has 1 N–H and O–H groups in total. The number of amides is 2. The Bertz CT molecular complexity index is 1020. The lowest BCUT2D eigenvalue weighted by Crippen LogP contribution is -2.50. The third-order valence-electron chi connectivity index (χ3n) is 5.14. The Balaban J connectivity index is 1.26. The number of anilines is 1. The second kappa shape index (κ2) is 9.91. The van der Waals surface area contributed by atoms with E-state index in [0.717, 1.165) is 5.75 Å². The molecule has 0 spiro atoms. The molecule has 2 amide bonds. The lowest BCUT2D eigenvalue weighted by atomic mass is 10.2. The van der Waals surface area contributed by atoms with Crippen molar-refractivity contribution in [2.45, 2.75) is 0 Å². The van der Waals surface area contributed by atoms with E-state index in [0.29, 0.717) is 43.2 Å². The van der Waals surface area contributed by atoms with E-state index in [2.05, 4.69) is 10.2 Å². The molecule has 31 heavy (non-hydrogen) atoms. The van der Waals surface area contributed by atoms with Crippen LogP contribution in [0.3, 0.4) is 0 Å². The van der Waals surface area contributed by atoms with Gasteiger partial charge in [0, 0.05) is 43.5 Å². The first-order valence-electron chi connectivity index (χ1n) is 10.4. The standard InChI is InChI=1S/C25H25N3O3/c29-24(26-21-10-7-13-23(18-21)31-22-11-5-2-6-12-22)19-27-14-16-28(17-15-27)25(30)20-8-3-1-4-9-20/h1-13,18H,14-17,19H2,(H,26,29). The molecule has 0 saturated carbocycles. The van der Waals surface area contributed by atoms with Gasteiger partial charge in [-0.25, -0.2) is 0 Å². The van der Waals surface area contributed by atoms with Crippen molar-refractivity contribution in [3.63, 3.8) is 0 Å². The molecule has 0 radical (unpaired) electrons. The molecule has 1 aliphatic rings. The summed E-state index contributed by atoms with van der Waals surface area (Å²) in [5.74, 6) is 1.37. The maximum atomic E-state index is 12.5. The number of piperazine rings is 1. The van der Waals surface area contributed by atoms with E-state index in [1.807, 2.05) is 83.8 Å². The van der Waals surface area contributed by atoms with Gasteiger partial charge in [0.05, 0.1) is 6.54 Å². The zero-order valence-corrected chi connectivity index (χ0v) is 17.2. The van der Waals surface area contributed by atoms with Gasteiger partial charge in [0.25, 0.3) is 5.91 Å². The Morgan fingerprint density at radius 2 is 1.42 bits per heavy atom. The summed E-state index contributed by atoms with van der Waals surface area (Å²) < 4.78 is 5.82. The lowest BCUT2D eigenvalue weighted by Gasteiger charge is -2.34. The maximum absolute atomic E-state index is 12.5. The quantitative estimate of drug-likeness (QED) is 0.664. The molecule has 0 aromatic heterocycles. The number of hydrogen-bond donors (Lipinski definition) is 1. The first kappa shape index (κ1) is 20.6. The number of carbonyl (C=O) groups is 2. The predicted molar refractivity (Wildman–Crippen MR) is 120 cm³/mol. The Hall–Kier alpha value is -3.64. The second-order valence-electron chi connectivity index (χ2n) is 7.43. The zero-order valence-electron chi connectivity index (χ0n) is 17.2. The highest BCUT2D eigenvalue weighted by atomic mass is 16.5. The van der Waals surface area contributed by atoms with Crippen LogP contribution in [-0.2, 0) is 4.79 Å². The molecule has 6 heteroatoms. The van der Waals surface area contributed by atoms with Crippen LogP contribution in [0.15, 0.2) is 84.9 Å². The van der Waals surface area contributed by atoms with Gasteiger partial charge in [0.15, 0.2) is 0 Å². The molecule has 158 valence electrons. The molecule has 0 bridgehead atoms. The molecule has 1 saturated heterocycles. The minimum Gasteiger partial charge on any atom is -0.457 e. The number of ether oxygens (including phenoxy) is 1. The van der Waals surface area contributed by atoms with Crippen LogP contribution in [0.1, 0.15) is 10.4 Å². The SMILES string of the molecule is O=C(CN1CCN(C(=O)c2ccccc2)CC1)Nc1cccc(Oc2ccccc2)c1. The van der Waals surface area contributed by atoms with Crippen molar-refractivity contribution in [2.24, 2.45) is 0 Å². The molecular weight excluding hydrogens is 390 g/mol. The summed E-state index contributed by atoms with van der Waals surface area (Å²) in [6, 6.07) is 26.2. The molecule has 1 fully saturated rings. The molecule has 4 rings (SSSR count). The van der Waals surface area contributed by atoms with Crippen LogP contribution in [0.25, 0.3) is 0 Å². The van der Waals surface area contributed by atoms with Crippen molar-refractivity contribution in [2.75, 3.05) is 38.0 Å². The highest BCUT2D eigenvalue weighted by Gasteiger charge is 2.23. The van der Waals surface area contributed by atoms with Gasteiger partial charge in [0.2, 0.25) is 5.91 Å². The van der Waals surface area contributed by atoms with Gasteiger partial charge in [-0.1, -0.05) is 42.5 Å². The highest BCUT2D eigenvalue weighted by molar-refractivity contribution is 5.94. The minimum atomic E-state index is -0.0836. The van der Waals surface area contributed by atoms with Gasteiger partial charge in [-0.3, -0.25) is 14.5 Å². The monoisotopic (exact) mass is 415 g/mol. The van der Waals surface area contributed by atoms with Crippen LogP contribution in [-0.4, -0.2) is 54.3 Å². The Morgan fingerprint density at radius 1 is 0.774 bits per heavy atom. The van der Waals surface area contributed by atoms with E-state index in [1.165, 1.54) is 0 Å². The molecule has 3 aromatic carbocycles. The van der Waals surface area contributed by atoms with E-state index in [1.54, 1.807) is 6.07 Å². The van der Waals surface area contributed by atoms with E-state index < -0.39 is 0 Å². The van der Waals surface area contributed by atoms with Crippen LogP contribution >= 0.6 is 0 Å². The van der Waals surface area contributed by atoms with Crippen molar-refractivity contribution < 1.29 is 14.3 Å². The average Bonchev–Trinajstić information content (AvgIpc) is 2.80. The number of nitrogens with one attached hydrogen (secondary N) is 1. The average molecular weight is 415 g/mol. The number of carbonyl (C=O) groups excluding carboxylic acids is 2. The Labute approximate surface area is 182 Å². The van der Waals surface area contributed by atoms with Gasteiger partial charge in [0.1, 0.15) is 11.5 Å². The molecule has 0 atom stereocenters. The Kier molecular flexibility index (Phi) is 6.59. The zero-order chi connectivity index (χ0) is 21.5. The van der Waals surface area contributed by atoms with Crippen molar-refractivity contribution in [3.05, 3.63) is 90.5 Å². The fraction of sp³-hybridized carbons (Fsp3) is 0.200. The number of para-hydroxylation sites is 1. The summed E-state index contributed by atoms with van der Waals surface area (Å²) in [6.07, 6.45) is 0. The van der Waals surface area contributed by atoms with Crippen molar-refractivity contribution in [1.82, 2.24) is 9.80 Å². The predicted octanol–water partition coefficient (Wildman–Crippen LogP) is 3.88. The first-order valence-corrected chi connectivity index (χ1v) is 10.4. The lowest BCUT2D eigenvalue weighted by molar-refractivity contribution is -0.117. The van der Waals surface area contributed by atoms with E-state index in [9.17, 15) is 9.59 Å². The number of nitrogens with zero attached hydrogens (tertiary/aromatic N) is 2. The van der Waals surface area contributed by atoms with E-state index in [-0.39, 0.29) is 18.4 Å². The molecular formula is C25H25N3O3. The maximum Gasteiger partial charge on any atom is 0.253 e. The summed E-state index contributed by atoms with van der Waals surface area (Å²) in [4.78, 5) is 29.0. The van der Waals surface area contributed by atoms with Gasteiger partial charge < -0.3 is 15.0 Å². The highest BCUT2D eigenvalue weighted by Crippen LogP contribution is 2.23.